The number of fused-ring (bicyclic) bond motifs is 3. The summed E-state index contributed by atoms with van der Waals surface area (Å²) in [6, 6.07) is 1.88. The molecule has 0 unspecified atom stereocenters. The molecule has 3 N–H and O–H groups in total. The first-order chi connectivity index (χ1) is 24.8. The first kappa shape index (κ1) is 35.9. The largest absolute Gasteiger partial charge is 0.471 e. The first-order valence-corrected chi connectivity index (χ1v) is 19.9. The number of ether oxygens (including phenoxy) is 1. The predicted octanol–water partition coefficient (Wildman–Crippen LogP) is 2.99. The second kappa shape index (κ2) is 14.1. The van der Waals surface area contributed by atoms with Crippen molar-refractivity contribution in [3.8, 4) is 5.88 Å². The Morgan fingerprint density at radius 2 is 1.90 bits per heavy atom. The second-order valence-corrected chi connectivity index (χ2v) is 17.2. The van der Waals surface area contributed by atoms with Crippen LogP contribution in [0.2, 0.25) is 0 Å². The van der Waals surface area contributed by atoms with E-state index in [0.717, 1.165) is 17.7 Å². The van der Waals surface area contributed by atoms with Crippen LogP contribution in [0.3, 0.4) is 0 Å². The molecule has 3 fully saturated rings. The van der Waals surface area contributed by atoms with Gasteiger partial charge in [0.25, 0.3) is 11.8 Å². The number of sulfonamides is 1. The van der Waals surface area contributed by atoms with Gasteiger partial charge in [0.1, 0.15) is 35.2 Å². The van der Waals surface area contributed by atoms with E-state index in [1.165, 1.54) is 34.4 Å². The zero-order valence-electron chi connectivity index (χ0n) is 28.8. The summed E-state index contributed by atoms with van der Waals surface area (Å²) < 4.78 is 48.1. The van der Waals surface area contributed by atoms with Crippen molar-refractivity contribution >= 4 is 56.0 Å². The Morgan fingerprint density at radius 3 is 2.65 bits per heavy atom. The lowest BCUT2D eigenvalue weighted by atomic mass is 10.0. The number of nitrogens with one attached hydrogen (secondary N) is 3. The van der Waals surface area contributed by atoms with E-state index in [0.29, 0.717) is 43.3 Å². The van der Waals surface area contributed by atoms with Gasteiger partial charge in [-0.25, -0.2) is 27.8 Å². The number of hydrogen-bond acceptors (Lipinski definition) is 11. The molecule has 52 heavy (non-hydrogen) atoms. The Kier molecular flexibility index (Phi) is 9.75. The summed E-state index contributed by atoms with van der Waals surface area (Å²) in [7, 11) is -3.90. The lowest BCUT2D eigenvalue weighted by Gasteiger charge is -2.29. The van der Waals surface area contributed by atoms with E-state index in [-0.39, 0.29) is 35.8 Å². The first-order valence-electron chi connectivity index (χ1n) is 17.5. The van der Waals surface area contributed by atoms with Gasteiger partial charge >= 0.3 is 0 Å². The van der Waals surface area contributed by atoms with E-state index in [1.807, 2.05) is 19.1 Å². The topological polar surface area (TPSA) is 190 Å². The van der Waals surface area contributed by atoms with Crippen LogP contribution in [-0.4, -0.2) is 87.4 Å². The van der Waals surface area contributed by atoms with Crippen LogP contribution >= 0.6 is 11.3 Å². The van der Waals surface area contributed by atoms with Crippen molar-refractivity contribution in [3.05, 3.63) is 57.9 Å². The number of amides is 4. The van der Waals surface area contributed by atoms with E-state index in [4.69, 9.17) is 4.74 Å². The molecule has 17 heteroatoms. The fraction of sp³-hybridized carbons (Fsp3) is 0.514. The summed E-state index contributed by atoms with van der Waals surface area (Å²) >= 11 is 1.20. The van der Waals surface area contributed by atoms with E-state index >= 15 is 0 Å². The average molecular weight is 754 g/mol. The molecule has 0 spiro atoms. The van der Waals surface area contributed by atoms with Crippen molar-refractivity contribution < 1.29 is 36.7 Å². The highest BCUT2D eigenvalue weighted by Gasteiger charge is 2.62. The van der Waals surface area contributed by atoms with Gasteiger partial charge in [-0.15, -0.1) is 11.3 Å². The van der Waals surface area contributed by atoms with Crippen molar-refractivity contribution in [1.82, 2.24) is 35.2 Å². The fourth-order valence-electron chi connectivity index (χ4n) is 6.90. The minimum atomic E-state index is -3.90. The molecule has 0 radical (unpaired) electrons. The molecule has 4 aliphatic rings. The maximum atomic E-state index is 14.5. The van der Waals surface area contributed by atoms with E-state index in [2.05, 4.69) is 30.3 Å². The molecule has 7 rings (SSSR count). The number of thiazole rings is 1. The van der Waals surface area contributed by atoms with Gasteiger partial charge in [0.15, 0.2) is 5.01 Å². The van der Waals surface area contributed by atoms with Crippen molar-refractivity contribution in [3.63, 3.8) is 0 Å². The molecule has 2 aromatic heterocycles. The van der Waals surface area contributed by atoms with Crippen molar-refractivity contribution in [2.75, 3.05) is 6.54 Å². The SMILES string of the molecule is Cc1cnc(C(=O)N[C@H]2CCCCCC=C[C@@H]3C[C@@]3(C(=O)NS(=O)(=O)C3CC3)NC(=O)[C@@H]3C[C@@H](Oc4nc5cc(F)ccc5nc4C)CN3C2=O)s1. The summed E-state index contributed by atoms with van der Waals surface area (Å²) in [6.45, 7) is 3.44. The van der Waals surface area contributed by atoms with E-state index in [1.54, 1.807) is 13.1 Å². The van der Waals surface area contributed by atoms with Gasteiger partial charge in [-0.05, 0) is 64.5 Å². The lowest BCUT2D eigenvalue weighted by molar-refractivity contribution is -0.141. The van der Waals surface area contributed by atoms with Crippen molar-refractivity contribution in [1.29, 1.82) is 0 Å². The van der Waals surface area contributed by atoms with Gasteiger partial charge in [0.2, 0.25) is 27.7 Å². The highest BCUT2D eigenvalue weighted by atomic mass is 32.2. The number of rotatable bonds is 7. The van der Waals surface area contributed by atoms with Crippen LogP contribution in [0.5, 0.6) is 5.88 Å². The molecule has 3 aromatic rings. The smallest absolute Gasteiger partial charge is 0.280 e. The highest BCUT2D eigenvalue weighted by Crippen LogP contribution is 2.46. The minimum Gasteiger partial charge on any atom is -0.471 e. The van der Waals surface area contributed by atoms with E-state index < -0.39 is 74.4 Å². The number of benzene rings is 1. The zero-order valence-corrected chi connectivity index (χ0v) is 30.4. The predicted molar refractivity (Wildman–Crippen MR) is 188 cm³/mol. The number of nitrogens with zero attached hydrogens (tertiary/aromatic N) is 4. The third kappa shape index (κ3) is 7.51. The van der Waals surface area contributed by atoms with Gasteiger partial charge in [0.05, 0.1) is 22.8 Å². The molecule has 14 nitrogen and oxygen atoms in total. The Balaban J connectivity index is 1.19. The monoisotopic (exact) mass is 753 g/mol. The fourth-order valence-corrected chi connectivity index (χ4v) is 8.93. The molecule has 4 amide bonds. The normalized spacial score (nSPS) is 26.8. The van der Waals surface area contributed by atoms with Gasteiger partial charge < -0.3 is 20.3 Å². The maximum absolute atomic E-state index is 14.5. The van der Waals surface area contributed by atoms with Crippen LogP contribution in [0.25, 0.3) is 11.0 Å². The molecule has 4 heterocycles. The quantitative estimate of drug-likeness (QED) is 0.303. The molecule has 1 aromatic carbocycles. The number of aryl methyl sites for hydroxylation is 2. The third-order valence-electron chi connectivity index (χ3n) is 10.00. The summed E-state index contributed by atoms with van der Waals surface area (Å²) in [4.78, 5) is 71.0. The Labute approximate surface area is 304 Å². The molecule has 2 saturated carbocycles. The van der Waals surface area contributed by atoms with Crippen LogP contribution in [0.15, 0.2) is 36.5 Å². The summed E-state index contributed by atoms with van der Waals surface area (Å²) in [5.41, 5.74) is -0.369. The van der Waals surface area contributed by atoms with Crippen LogP contribution in [0.1, 0.15) is 78.2 Å². The van der Waals surface area contributed by atoms with E-state index in [9.17, 15) is 32.0 Å². The average Bonchev–Trinajstić information content (AvgIpc) is 3.98. The summed E-state index contributed by atoms with van der Waals surface area (Å²) in [5.74, 6) is -3.32. The molecule has 2 aliphatic heterocycles. The molecule has 5 atom stereocenters. The minimum absolute atomic E-state index is 0.00913. The molecule has 1 saturated heterocycles. The lowest BCUT2D eigenvalue weighted by Crippen LogP contribution is -2.58. The van der Waals surface area contributed by atoms with Crippen LogP contribution < -0.4 is 20.1 Å². The van der Waals surface area contributed by atoms with Gasteiger partial charge in [0, 0.05) is 29.5 Å². The second-order valence-electron chi connectivity index (χ2n) is 14.0. The van der Waals surface area contributed by atoms with Gasteiger partial charge in [-0.2, -0.15) is 0 Å². The number of aromatic nitrogens is 3. The maximum Gasteiger partial charge on any atom is 0.280 e. The Hall–Kier alpha value is -4.51. The third-order valence-corrected chi connectivity index (χ3v) is 12.7. The molecular formula is C35H40FN7O7S2. The molecule has 0 bridgehead atoms. The standard InChI is InChI=1S/C35H40FN7O7S2/c1-19-17-37-32(51-19)30(45)39-26-9-7-5-3-4-6-8-21-16-35(21,34(47)42-52(48,49)24-11-12-24)41-29(44)28-15-23(18-43(28)33(26)46)50-31-20(2)38-25-13-10-22(36)14-27(25)40-31/h6,8,10,13-14,17,21,23-24,26,28H,3-5,7,9,11-12,15-16,18H2,1-2H3,(H,39,45)(H,41,44)(H,42,47)/t21-,23-,26+,28+,35-/m1/s1. The van der Waals surface area contributed by atoms with Gasteiger partial charge in [-0.3, -0.25) is 23.9 Å². The number of carbonyl (C=O) groups excluding carboxylic acids is 4. The Bertz CT molecular complexity index is 2070. The van der Waals surface area contributed by atoms with Crippen LogP contribution in [0.4, 0.5) is 4.39 Å². The van der Waals surface area contributed by atoms with Crippen molar-refractivity contribution in [2.45, 2.75) is 101 Å². The molecule has 276 valence electrons. The number of halogens is 1. The molecular weight excluding hydrogens is 714 g/mol. The number of allylic oxidation sites excluding steroid dienone is 1. The summed E-state index contributed by atoms with van der Waals surface area (Å²) in [6.07, 6.45) is 8.82. The van der Waals surface area contributed by atoms with Crippen LogP contribution in [-0.2, 0) is 24.4 Å². The summed E-state index contributed by atoms with van der Waals surface area (Å²) in [5, 5.41) is 5.25. The highest BCUT2D eigenvalue weighted by molar-refractivity contribution is 7.91. The van der Waals surface area contributed by atoms with Gasteiger partial charge in [-0.1, -0.05) is 25.0 Å². The Morgan fingerprint density at radius 1 is 1.10 bits per heavy atom. The zero-order chi connectivity index (χ0) is 36.8. The van der Waals surface area contributed by atoms with Crippen molar-refractivity contribution in [2.24, 2.45) is 5.92 Å². The molecule has 2 aliphatic carbocycles. The number of hydrogen-bond donors (Lipinski definition) is 3. The number of carbonyl (C=O) groups is 4. The van der Waals surface area contributed by atoms with Crippen LogP contribution in [0, 0.1) is 25.6 Å².